The molecule has 0 bridgehead atoms. The molecule has 0 aromatic heterocycles. The van der Waals surface area contributed by atoms with E-state index in [4.69, 9.17) is 14.2 Å². The van der Waals surface area contributed by atoms with Gasteiger partial charge in [0.1, 0.15) is 12.4 Å². The molecule has 1 saturated heterocycles. The van der Waals surface area contributed by atoms with Gasteiger partial charge in [-0.3, -0.25) is 4.99 Å². The highest BCUT2D eigenvalue weighted by molar-refractivity contribution is 14.0. The molecule has 0 saturated carbocycles. The smallest absolute Gasteiger partial charge is 0.191 e. The fourth-order valence-electron chi connectivity index (χ4n) is 2.30. The van der Waals surface area contributed by atoms with Crippen molar-refractivity contribution in [2.24, 2.45) is 4.99 Å². The third kappa shape index (κ3) is 8.00. The highest BCUT2D eigenvalue weighted by Gasteiger charge is 2.17. The van der Waals surface area contributed by atoms with Gasteiger partial charge in [0.2, 0.25) is 0 Å². The molecule has 2 unspecified atom stereocenters. The Labute approximate surface area is 169 Å². The lowest BCUT2D eigenvalue weighted by Crippen LogP contribution is -2.45. The molecule has 0 amide bonds. The number of nitrogens with one attached hydrogen (secondary N) is 2. The number of rotatable bonds is 8. The maximum absolute atomic E-state index is 13.1. The zero-order valence-corrected chi connectivity index (χ0v) is 17.3. The number of hydrogen-bond acceptors (Lipinski definition) is 4. The Bertz CT molecular complexity index is 572. The van der Waals surface area contributed by atoms with Crippen LogP contribution in [0.1, 0.15) is 13.3 Å². The van der Waals surface area contributed by atoms with Gasteiger partial charge < -0.3 is 24.8 Å². The van der Waals surface area contributed by atoms with E-state index in [-0.39, 0.29) is 48.5 Å². The summed E-state index contributed by atoms with van der Waals surface area (Å²) in [4.78, 5) is 4.13. The van der Waals surface area contributed by atoms with Crippen molar-refractivity contribution in [1.82, 2.24) is 10.6 Å². The first kappa shape index (κ1) is 22.8. The minimum atomic E-state index is -0.926. The molecule has 26 heavy (non-hydrogen) atoms. The van der Waals surface area contributed by atoms with Crippen LogP contribution in [0.5, 0.6) is 5.75 Å². The highest BCUT2D eigenvalue weighted by atomic mass is 127. The van der Waals surface area contributed by atoms with Crippen LogP contribution in [0.15, 0.2) is 23.2 Å². The lowest BCUT2D eigenvalue weighted by molar-refractivity contribution is 0.0347. The number of hydrogen-bond donors (Lipinski definition) is 2. The molecule has 0 radical (unpaired) electrons. The second-order valence-electron chi connectivity index (χ2n) is 5.79. The van der Waals surface area contributed by atoms with Crippen LogP contribution in [-0.4, -0.2) is 58.1 Å². The van der Waals surface area contributed by atoms with Crippen LogP contribution in [-0.2, 0) is 9.47 Å². The molecular weight excluding hydrogens is 459 g/mol. The minimum Gasteiger partial charge on any atom is -0.492 e. The highest BCUT2D eigenvalue weighted by Crippen LogP contribution is 2.15. The molecule has 1 aromatic carbocycles. The van der Waals surface area contributed by atoms with Crippen molar-refractivity contribution >= 4 is 29.9 Å². The topological polar surface area (TPSA) is 64.1 Å². The van der Waals surface area contributed by atoms with Crippen molar-refractivity contribution in [2.75, 3.05) is 40.0 Å². The largest absolute Gasteiger partial charge is 0.492 e. The van der Waals surface area contributed by atoms with E-state index in [9.17, 15) is 8.78 Å². The Morgan fingerprint density at radius 1 is 1.38 bits per heavy atom. The monoisotopic (exact) mass is 485 g/mol. The molecule has 2 rings (SSSR count). The van der Waals surface area contributed by atoms with Gasteiger partial charge >= 0.3 is 0 Å². The number of nitrogens with zero attached hydrogens (tertiary/aromatic N) is 1. The fourth-order valence-corrected chi connectivity index (χ4v) is 2.30. The second kappa shape index (κ2) is 12.2. The Morgan fingerprint density at radius 3 is 2.85 bits per heavy atom. The Morgan fingerprint density at radius 2 is 2.19 bits per heavy atom. The van der Waals surface area contributed by atoms with E-state index in [1.807, 2.05) is 6.92 Å². The molecule has 1 aromatic rings. The van der Waals surface area contributed by atoms with Crippen LogP contribution in [0, 0.1) is 11.6 Å². The van der Waals surface area contributed by atoms with Crippen molar-refractivity contribution in [2.45, 2.75) is 25.5 Å². The summed E-state index contributed by atoms with van der Waals surface area (Å²) in [5, 5.41) is 6.30. The van der Waals surface area contributed by atoms with E-state index in [0.29, 0.717) is 25.7 Å². The summed E-state index contributed by atoms with van der Waals surface area (Å²) >= 11 is 0. The Kier molecular flexibility index (Phi) is 10.7. The van der Waals surface area contributed by atoms with Crippen molar-refractivity contribution in [3.63, 3.8) is 0 Å². The van der Waals surface area contributed by atoms with Crippen molar-refractivity contribution in [3.8, 4) is 5.75 Å². The predicted octanol–water partition coefficient (Wildman–Crippen LogP) is 2.32. The molecule has 0 spiro atoms. The van der Waals surface area contributed by atoms with Gasteiger partial charge in [0.05, 0.1) is 25.9 Å². The first-order chi connectivity index (χ1) is 12.1. The van der Waals surface area contributed by atoms with E-state index in [1.165, 1.54) is 6.07 Å². The van der Waals surface area contributed by atoms with E-state index in [2.05, 4.69) is 15.6 Å². The lowest BCUT2D eigenvalue weighted by Gasteiger charge is -2.19. The average Bonchev–Trinajstić information content (AvgIpc) is 3.12. The van der Waals surface area contributed by atoms with Crippen LogP contribution in [0.2, 0.25) is 0 Å². The minimum absolute atomic E-state index is 0. The molecule has 1 heterocycles. The SMILES string of the molecule is CN=C(NCCOc1ccc(F)c(F)c1)NC(C)COC1CCOC1.I. The second-order valence-corrected chi connectivity index (χ2v) is 5.79. The summed E-state index contributed by atoms with van der Waals surface area (Å²) in [6, 6.07) is 3.53. The molecular formula is C17H26F2IN3O3. The maximum Gasteiger partial charge on any atom is 0.191 e. The average molecular weight is 485 g/mol. The van der Waals surface area contributed by atoms with E-state index in [1.54, 1.807) is 7.05 Å². The predicted molar refractivity (Wildman–Crippen MR) is 106 cm³/mol. The molecule has 9 heteroatoms. The van der Waals surface area contributed by atoms with E-state index < -0.39 is 11.6 Å². The Hall–Kier alpha value is -1.20. The molecule has 0 aliphatic carbocycles. The van der Waals surface area contributed by atoms with Crippen LogP contribution in [0.4, 0.5) is 8.78 Å². The van der Waals surface area contributed by atoms with Crippen LogP contribution in [0.25, 0.3) is 0 Å². The van der Waals surface area contributed by atoms with Crippen LogP contribution < -0.4 is 15.4 Å². The summed E-state index contributed by atoms with van der Waals surface area (Å²) in [6.07, 6.45) is 1.10. The number of guanidine groups is 1. The molecule has 1 fully saturated rings. The number of halogens is 3. The standard InChI is InChI=1S/C17H25F2N3O3.HI/c1-12(10-25-14-5-7-23-11-14)22-17(20-2)21-6-8-24-13-3-4-15(18)16(19)9-13;/h3-4,9,12,14H,5-8,10-11H2,1-2H3,(H2,20,21,22);1H. The first-order valence-corrected chi connectivity index (χ1v) is 8.33. The number of benzene rings is 1. The molecule has 2 N–H and O–H groups in total. The first-order valence-electron chi connectivity index (χ1n) is 8.33. The van der Waals surface area contributed by atoms with Gasteiger partial charge in [-0.25, -0.2) is 8.78 Å². The van der Waals surface area contributed by atoms with Crippen LogP contribution in [0.3, 0.4) is 0 Å². The number of aliphatic imine (C=N–C) groups is 1. The van der Waals surface area contributed by atoms with Gasteiger partial charge in [0.15, 0.2) is 17.6 Å². The summed E-state index contributed by atoms with van der Waals surface area (Å²) in [7, 11) is 1.67. The maximum atomic E-state index is 13.1. The zero-order valence-electron chi connectivity index (χ0n) is 15.0. The quantitative estimate of drug-likeness (QED) is 0.256. The van der Waals surface area contributed by atoms with E-state index >= 15 is 0 Å². The molecule has 6 nitrogen and oxygen atoms in total. The van der Waals surface area contributed by atoms with Gasteiger partial charge in [-0.05, 0) is 25.5 Å². The Balaban J connectivity index is 0.00000338. The molecule has 1 aliphatic rings. The molecule has 148 valence electrons. The van der Waals surface area contributed by atoms with Gasteiger partial charge in [-0.15, -0.1) is 24.0 Å². The third-order valence-corrected chi connectivity index (χ3v) is 3.63. The fraction of sp³-hybridized carbons (Fsp3) is 0.588. The van der Waals surface area contributed by atoms with Gasteiger partial charge in [0.25, 0.3) is 0 Å². The van der Waals surface area contributed by atoms with Gasteiger partial charge in [-0.1, -0.05) is 0 Å². The summed E-state index contributed by atoms with van der Waals surface area (Å²) < 4.78 is 42.3. The van der Waals surface area contributed by atoms with Gasteiger partial charge in [-0.2, -0.15) is 0 Å². The third-order valence-electron chi connectivity index (χ3n) is 3.63. The van der Waals surface area contributed by atoms with Crippen LogP contribution >= 0.6 is 24.0 Å². The lowest BCUT2D eigenvalue weighted by atomic mass is 10.3. The van der Waals surface area contributed by atoms with Crippen molar-refractivity contribution in [1.29, 1.82) is 0 Å². The normalized spacial score (nSPS) is 18.2. The summed E-state index contributed by atoms with van der Waals surface area (Å²) in [5.41, 5.74) is 0. The van der Waals surface area contributed by atoms with E-state index in [0.717, 1.165) is 25.2 Å². The van der Waals surface area contributed by atoms with Gasteiger partial charge in [0, 0.05) is 25.8 Å². The summed E-state index contributed by atoms with van der Waals surface area (Å²) in [5.74, 6) is -0.920. The van der Waals surface area contributed by atoms with Crippen molar-refractivity contribution < 1.29 is 23.0 Å². The zero-order chi connectivity index (χ0) is 18.1. The molecule has 1 aliphatic heterocycles. The van der Waals surface area contributed by atoms with Crippen molar-refractivity contribution in [3.05, 3.63) is 29.8 Å². The summed E-state index contributed by atoms with van der Waals surface area (Å²) in [6.45, 7) is 4.72. The molecule has 2 atom stereocenters. The number of ether oxygens (including phenoxy) is 3.